The molecular weight excluding hydrogens is 237 g/mol. The summed E-state index contributed by atoms with van der Waals surface area (Å²) in [6.45, 7) is 6.58. The predicted molar refractivity (Wildman–Crippen MR) is 77.1 cm³/mol. The molecule has 2 heteroatoms. The number of benzene rings is 1. The molecule has 0 saturated carbocycles. The normalized spacial score (nSPS) is 34.5. The molecule has 1 N–H and O–H groups in total. The van der Waals surface area contributed by atoms with Crippen LogP contribution in [0.5, 0.6) is 0 Å². The Kier molecular flexibility index (Phi) is 2.97. The minimum atomic E-state index is -1.12. The maximum atomic E-state index is 15.2. The molecule has 104 valence electrons. The third kappa shape index (κ3) is 2.43. The molecule has 0 spiro atoms. The van der Waals surface area contributed by atoms with Crippen LogP contribution in [0, 0.1) is 0 Å². The van der Waals surface area contributed by atoms with Gasteiger partial charge in [0.2, 0.25) is 0 Å². The van der Waals surface area contributed by atoms with Gasteiger partial charge in [0.05, 0.1) is 0 Å². The standard InChI is InChI=1S/C17H24FN/c1-16(2,3)12-4-6-13(7-5-12)17(18)10-14-8-9-15(11-17)19-14/h4-7,14-15,19H,8-11H2,1-3H3. The Bertz CT molecular complexity index is 445. The quantitative estimate of drug-likeness (QED) is 0.803. The summed E-state index contributed by atoms with van der Waals surface area (Å²) in [5.74, 6) is 0. The number of alkyl halides is 1. The Hall–Kier alpha value is -0.890. The molecule has 1 aromatic rings. The van der Waals surface area contributed by atoms with E-state index in [1.165, 1.54) is 5.56 Å². The number of hydrogen-bond acceptors (Lipinski definition) is 1. The fraction of sp³-hybridized carbons (Fsp3) is 0.647. The zero-order valence-corrected chi connectivity index (χ0v) is 12.2. The van der Waals surface area contributed by atoms with Gasteiger partial charge in [-0.3, -0.25) is 0 Å². The third-order valence-electron chi connectivity index (χ3n) is 4.74. The Morgan fingerprint density at radius 2 is 1.58 bits per heavy atom. The first-order valence-corrected chi connectivity index (χ1v) is 7.43. The number of fused-ring (bicyclic) bond motifs is 2. The SMILES string of the molecule is CC(C)(C)c1ccc(C2(F)CC3CCC(C2)N3)cc1. The fourth-order valence-corrected chi connectivity index (χ4v) is 3.59. The van der Waals surface area contributed by atoms with Crippen molar-refractivity contribution in [2.75, 3.05) is 0 Å². The van der Waals surface area contributed by atoms with Gasteiger partial charge in [-0.15, -0.1) is 0 Å². The van der Waals surface area contributed by atoms with Gasteiger partial charge in [0, 0.05) is 24.9 Å². The second-order valence-corrected chi connectivity index (χ2v) is 7.34. The van der Waals surface area contributed by atoms with Crippen LogP contribution >= 0.6 is 0 Å². The summed E-state index contributed by atoms with van der Waals surface area (Å²) in [5, 5.41) is 3.51. The van der Waals surface area contributed by atoms with E-state index in [0.29, 0.717) is 24.9 Å². The molecule has 3 rings (SSSR count). The molecule has 0 amide bonds. The van der Waals surface area contributed by atoms with Crippen LogP contribution in [-0.4, -0.2) is 12.1 Å². The molecule has 2 aliphatic rings. The highest BCUT2D eigenvalue weighted by molar-refractivity contribution is 5.32. The lowest BCUT2D eigenvalue weighted by Crippen LogP contribution is -2.44. The van der Waals surface area contributed by atoms with E-state index in [1.54, 1.807) is 0 Å². The van der Waals surface area contributed by atoms with Crippen LogP contribution in [0.3, 0.4) is 0 Å². The first kappa shape index (κ1) is 13.1. The number of piperidine rings is 1. The van der Waals surface area contributed by atoms with Gasteiger partial charge in [0.1, 0.15) is 5.67 Å². The van der Waals surface area contributed by atoms with Gasteiger partial charge in [-0.2, -0.15) is 0 Å². The van der Waals surface area contributed by atoms with E-state index in [9.17, 15) is 0 Å². The number of hydrogen-bond donors (Lipinski definition) is 1. The highest BCUT2D eigenvalue weighted by Gasteiger charge is 2.45. The molecule has 2 bridgehead atoms. The van der Waals surface area contributed by atoms with Crippen LogP contribution in [0.4, 0.5) is 4.39 Å². The molecule has 0 radical (unpaired) electrons. The average Bonchev–Trinajstić information content (AvgIpc) is 2.68. The first-order valence-electron chi connectivity index (χ1n) is 7.43. The molecule has 19 heavy (non-hydrogen) atoms. The van der Waals surface area contributed by atoms with Crippen molar-refractivity contribution in [2.24, 2.45) is 0 Å². The third-order valence-corrected chi connectivity index (χ3v) is 4.74. The van der Waals surface area contributed by atoms with Gasteiger partial charge in [-0.1, -0.05) is 45.0 Å². The van der Waals surface area contributed by atoms with Gasteiger partial charge >= 0.3 is 0 Å². The maximum Gasteiger partial charge on any atom is 0.139 e. The van der Waals surface area contributed by atoms with Crippen molar-refractivity contribution < 1.29 is 4.39 Å². The van der Waals surface area contributed by atoms with Crippen LogP contribution in [-0.2, 0) is 11.1 Å². The summed E-state index contributed by atoms with van der Waals surface area (Å²) in [5.41, 5.74) is 1.17. The number of halogens is 1. The van der Waals surface area contributed by atoms with E-state index >= 15 is 4.39 Å². The smallest absolute Gasteiger partial charge is 0.139 e. The van der Waals surface area contributed by atoms with Crippen molar-refractivity contribution in [1.29, 1.82) is 0 Å². The molecule has 2 atom stereocenters. The maximum absolute atomic E-state index is 15.2. The van der Waals surface area contributed by atoms with Crippen LogP contribution in [0.2, 0.25) is 0 Å². The van der Waals surface area contributed by atoms with Gasteiger partial charge in [-0.05, 0) is 29.4 Å². The first-order chi connectivity index (χ1) is 8.87. The summed E-state index contributed by atoms with van der Waals surface area (Å²) in [7, 11) is 0. The van der Waals surface area contributed by atoms with E-state index in [1.807, 2.05) is 12.1 Å². The van der Waals surface area contributed by atoms with E-state index in [0.717, 1.165) is 18.4 Å². The highest BCUT2D eigenvalue weighted by Crippen LogP contribution is 2.44. The van der Waals surface area contributed by atoms with E-state index in [-0.39, 0.29) is 5.41 Å². The van der Waals surface area contributed by atoms with E-state index < -0.39 is 5.67 Å². The fourth-order valence-electron chi connectivity index (χ4n) is 3.59. The lowest BCUT2D eigenvalue weighted by Gasteiger charge is -2.35. The van der Waals surface area contributed by atoms with Crippen molar-refractivity contribution in [2.45, 2.75) is 69.6 Å². The van der Waals surface area contributed by atoms with Crippen LogP contribution < -0.4 is 5.32 Å². The second kappa shape index (κ2) is 4.31. The summed E-state index contributed by atoms with van der Waals surface area (Å²) in [6.07, 6.45) is 3.55. The summed E-state index contributed by atoms with van der Waals surface area (Å²) >= 11 is 0. The monoisotopic (exact) mass is 261 g/mol. The molecule has 2 heterocycles. The molecular formula is C17H24FN. The minimum Gasteiger partial charge on any atom is -0.311 e. The van der Waals surface area contributed by atoms with Gasteiger partial charge in [-0.25, -0.2) is 4.39 Å². The van der Waals surface area contributed by atoms with Crippen molar-refractivity contribution >= 4 is 0 Å². The summed E-state index contributed by atoms with van der Waals surface area (Å²) < 4.78 is 15.2. The minimum absolute atomic E-state index is 0.134. The average molecular weight is 261 g/mol. The lowest BCUT2D eigenvalue weighted by molar-refractivity contribution is 0.0873. The van der Waals surface area contributed by atoms with Crippen molar-refractivity contribution in [3.05, 3.63) is 35.4 Å². The predicted octanol–water partition coefficient (Wildman–Crippen LogP) is 4.06. The molecule has 2 aliphatic heterocycles. The van der Waals surface area contributed by atoms with Crippen molar-refractivity contribution in [3.8, 4) is 0 Å². The Morgan fingerprint density at radius 3 is 2.05 bits per heavy atom. The van der Waals surface area contributed by atoms with E-state index in [2.05, 4.69) is 38.2 Å². The van der Waals surface area contributed by atoms with Crippen LogP contribution in [0.1, 0.15) is 57.6 Å². The van der Waals surface area contributed by atoms with Crippen LogP contribution in [0.15, 0.2) is 24.3 Å². The Balaban J connectivity index is 1.86. The van der Waals surface area contributed by atoms with Crippen LogP contribution in [0.25, 0.3) is 0 Å². The molecule has 0 aromatic heterocycles. The molecule has 0 aliphatic carbocycles. The largest absolute Gasteiger partial charge is 0.311 e. The molecule has 2 fully saturated rings. The topological polar surface area (TPSA) is 12.0 Å². The zero-order valence-electron chi connectivity index (χ0n) is 12.2. The summed E-state index contributed by atoms with van der Waals surface area (Å²) in [4.78, 5) is 0. The summed E-state index contributed by atoms with van der Waals surface area (Å²) in [6, 6.07) is 8.97. The van der Waals surface area contributed by atoms with Gasteiger partial charge < -0.3 is 5.32 Å². The number of nitrogens with one attached hydrogen (secondary N) is 1. The number of rotatable bonds is 1. The molecule has 1 aromatic carbocycles. The highest BCUT2D eigenvalue weighted by atomic mass is 19.1. The van der Waals surface area contributed by atoms with Crippen molar-refractivity contribution in [1.82, 2.24) is 5.32 Å². The zero-order chi connectivity index (χ0) is 13.7. The van der Waals surface area contributed by atoms with Gasteiger partial charge in [0.15, 0.2) is 0 Å². The molecule has 1 nitrogen and oxygen atoms in total. The Morgan fingerprint density at radius 1 is 1.05 bits per heavy atom. The van der Waals surface area contributed by atoms with E-state index in [4.69, 9.17) is 0 Å². The Labute approximate surface area is 115 Å². The van der Waals surface area contributed by atoms with Crippen molar-refractivity contribution in [3.63, 3.8) is 0 Å². The molecule has 2 saturated heterocycles. The lowest BCUT2D eigenvalue weighted by atomic mass is 9.81. The second-order valence-electron chi connectivity index (χ2n) is 7.34. The molecule has 2 unspecified atom stereocenters. The van der Waals surface area contributed by atoms with Gasteiger partial charge in [0.25, 0.3) is 0 Å².